The molecule has 0 aliphatic rings. The highest BCUT2D eigenvalue weighted by molar-refractivity contribution is 8.01. The van der Waals surface area contributed by atoms with E-state index in [2.05, 4.69) is 0 Å². The summed E-state index contributed by atoms with van der Waals surface area (Å²) >= 11 is 1.47. The largest absolute Gasteiger partial charge is 0.396 e. The quantitative estimate of drug-likeness (QED) is 0.567. The average molecular weight is 190 g/mol. The first-order chi connectivity index (χ1) is 5.74. The van der Waals surface area contributed by atoms with Crippen molar-refractivity contribution in [3.8, 4) is 0 Å². The van der Waals surface area contributed by atoms with E-state index in [1.807, 2.05) is 0 Å². The molecular weight excluding hydrogens is 175 g/mol. The minimum atomic E-state index is -0.250. The third-order valence-electron chi connectivity index (χ3n) is 1.25. The van der Waals surface area contributed by atoms with Crippen molar-refractivity contribution in [1.82, 2.24) is 0 Å². The predicted molar refractivity (Wildman–Crippen MR) is 51.8 cm³/mol. The zero-order valence-corrected chi connectivity index (χ0v) is 8.34. The molecule has 1 atom stereocenters. The first kappa shape index (κ1) is 12.3. The maximum atomic E-state index is 8.69. The molecule has 0 heterocycles. The fourth-order valence-corrected chi connectivity index (χ4v) is 1.80. The highest BCUT2D eigenvalue weighted by Crippen LogP contribution is 2.15. The lowest BCUT2D eigenvalue weighted by Crippen LogP contribution is -2.22. The lowest BCUT2D eigenvalue weighted by molar-refractivity contribution is 0.144. The van der Waals surface area contributed by atoms with Crippen LogP contribution < -0.4 is 0 Å². The summed E-state index contributed by atoms with van der Waals surface area (Å²) in [6.07, 6.45) is 0. The van der Waals surface area contributed by atoms with Crippen molar-refractivity contribution in [2.75, 3.05) is 34.0 Å². The first-order valence-electron chi connectivity index (χ1n) is 3.74. The standard InChI is InChI=1S/C7H15BO3S/c1-10-4-6(5-11-2)12-7(8)3-9/h6-7,9H,3-5H2,1-2H3/t7-/m1/s1. The highest BCUT2D eigenvalue weighted by atomic mass is 32.2. The molecule has 0 aliphatic heterocycles. The second-order valence-electron chi connectivity index (χ2n) is 2.39. The Labute approximate surface area is 79.2 Å². The first-order valence-corrected chi connectivity index (χ1v) is 4.68. The molecule has 1 N–H and O–H groups in total. The van der Waals surface area contributed by atoms with E-state index in [0.717, 1.165) is 0 Å². The molecule has 0 saturated carbocycles. The average Bonchev–Trinajstić information content (AvgIpc) is 2.05. The van der Waals surface area contributed by atoms with Crippen molar-refractivity contribution in [3.05, 3.63) is 0 Å². The number of thioether (sulfide) groups is 1. The monoisotopic (exact) mass is 190 g/mol. The summed E-state index contributed by atoms with van der Waals surface area (Å²) in [7, 11) is 8.80. The van der Waals surface area contributed by atoms with Crippen molar-refractivity contribution >= 4 is 19.6 Å². The van der Waals surface area contributed by atoms with Crippen LogP contribution in [0.4, 0.5) is 0 Å². The summed E-state index contributed by atoms with van der Waals surface area (Å²) in [4.78, 5) is 0. The lowest BCUT2D eigenvalue weighted by Gasteiger charge is -2.18. The Morgan fingerprint density at radius 3 is 2.17 bits per heavy atom. The second-order valence-corrected chi connectivity index (χ2v) is 3.93. The van der Waals surface area contributed by atoms with Gasteiger partial charge in [-0.2, -0.15) is 11.8 Å². The Kier molecular flexibility index (Phi) is 8.11. The van der Waals surface area contributed by atoms with Crippen LogP contribution in [0.15, 0.2) is 0 Å². The molecule has 0 unspecified atom stereocenters. The molecule has 0 rings (SSSR count). The molecule has 0 aromatic rings. The maximum Gasteiger partial charge on any atom is 0.0878 e. The Morgan fingerprint density at radius 1 is 1.33 bits per heavy atom. The fourth-order valence-electron chi connectivity index (χ4n) is 0.789. The zero-order chi connectivity index (χ0) is 9.40. The van der Waals surface area contributed by atoms with Crippen LogP contribution in [0.3, 0.4) is 0 Å². The molecule has 0 fully saturated rings. The normalized spacial score (nSPS) is 13.7. The summed E-state index contributed by atoms with van der Waals surface area (Å²) in [5, 5.41) is 8.64. The minimum Gasteiger partial charge on any atom is -0.396 e. The zero-order valence-electron chi connectivity index (χ0n) is 7.53. The van der Waals surface area contributed by atoms with Crippen LogP contribution in [0.25, 0.3) is 0 Å². The van der Waals surface area contributed by atoms with Gasteiger partial charge in [0.05, 0.1) is 26.3 Å². The van der Waals surface area contributed by atoms with E-state index in [9.17, 15) is 0 Å². The number of methoxy groups -OCH3 is 2. The van der Waals surface area contributed by atoms with E-state index in [0.29, 0.717) is 13.2 Å². The molecule has 0 amide bonds. The topological polar surface area (TPSA) is 38.7 Å². The van der Waals surface area contributed by atoms with Crippen molar-refractivity contribution in [1.29, 1.82) is 0 Å². The van der Waals surface area contributed by atoms with Crippen LogP contribution in [0.2, 0.25) is 0 Å². The van der Waals surface area contributed by atoms with Crippen LogP contribution in [0, 0.1) is 0 Å². The van der Waals surface area contributed by atoms with E-state index >= 15 is 0 Å². The Bertz CT molecular complexity index is 98.7. The van der Waals surface area contributed by atoms with Crippen LogP contribution in [0.1, 0.15) is 0 Å². The molecule has 0 bridgehead atoms. The fraction of sp³-hybridized carbons (Fsp3) is 1.00. The number of rotatable bonds is 7. The van der Waals surface area contributed by atoms with Crippen LogP contribution in [0.5, 0.6) is 0 Å². The molecule has 0 saturated heterocycles. The molecule has 0 aliphatic carbocycles. The van der Waals surface area contributed by atoms with Gasteiger partial charge in [0.2, 0.25) is 0 Å². The van der Waals surface area contributed by atoms with Gasteiger partial charge in [-0.15, -0.1) is 0 Å². The summed E-state index contributed by atoms with van der Waals surface area (Å²) in [6.45, 7) is 1.16. The van der Waals surface area contributed by atoms with Gasteiger partial charge in [0.25, 0.3) is 0 Å². The summed E-state index contributed by atoms with van der Waals surface area (Å²) in [5.74, 6) is 0. The van der Waals surface area contributed by atoms with Gasteiger partial charge in [-0.1, -0.05) is 0 Å². The van der Waals surface area contributed by atoms with E-state index in [1.54, 1.807) is 14.2 Å². The van der Waals surface area contributed by atoms with Crippen LogP contribution >= 0.6 is 11.8 Å². The number of hydrogen-bond donors (Lipinski definition) is 1. The van der Waals surface area contributed by atoms with Gasteiger partial charge in [0.1, 0.15) is 0 Å². The number of hydrogen-bond acceptors (Lipinski definition) is 4. The predicted octanol–water partition coefficient (Wildman–Crippen LogP) is -0.132. The Hall–Kier alpha value is 0.295. The number of ether oxygens (including phenoxy) is 2. The van der Waals surface area contributed by atoms with Gasteiger partial charge in [-0.3, -0.25) is 0 Å². The molecule has 2 radical (unpaired) electrons. The Morgan fingerprint density at radius 2 is 1.83 bits per heavy atom. The molecule has 0 spiro atoms. The van der Waals surface area contributed by atoms with Crippen molar-refractivity contribution < 1.29 is 14.6 Å². The summed E-state index contributed by atoms with van der Waals surface area (Å²) < 4.78 is 9.93. The molecule has 70 valence electrons. The van der Waals surface area contributed by atoms with Gasteiger partial charge in [-0.25, -0.2) is 0 Å². The molecule has 0 aromatic heterocycles. The summed E-state index contributed by atoms with van der Waals surface area (Å²) in [5.41, 5.74) is 0. The smallest absolute Gasteiger partial charge is 0.0878 e. The van der Waals surface area contributed by atoms with E-state index in [-0.39, 0.29) is 17.0 Å². The van der Waals surface area contributed by atoms with Crippen molar-refractivity contribution in [3.63, 3.8) is 0 Å². The van der Waals surface area contributed by atoms with Gasteiger partial charge in [-0.05, 0) is 5.15 Å². The molecular formula is C7H15BO3S. The van der Waals surface area contributed by atoms with E-state index in [4.69, 9.17) is 22.4 Å². The van der Waals surface area contributed by atoms with Crippen LogP contribution in [-0.2, 0) is 9.47 Å². The molecule has 12 heavy (non-hydrogen) atoms. The van der Waals surface area contributed by atoms with Gasteiger partial charge in [0.15, 0.2) is 0 Å². The number of aliphatic hydroxyl groups is 1. The van der Waals surface area contributed by atoms with Crippen molar-refractivity contribution in [2.45, 2.75) is 10.4 Å². The van der Waals surface area contributed by atoms with Gasteiger partial charge < -0.3 is 14.6 Å². The van der Waals surface area contributed by atoms with Gasteiger partial charge >= 0.3 is 0 Å². The van der Waals surface area contributed by atoms with Gasteiger partial charge in [0, 0.05) is 20.8 Å². The van der Waals surface area contributed by atoms with Crippen molar-refractivity contribution in [2.24, 2.45) is 0 Å². The molecule has 5 heteroatoms. The maximum absolute atomic E-state index is 8.69. The molecule has 0 aromatic carbocycles. The third kappa shape index (κ3) is 5.88. The van der Waals surface area contributed by atoms with Crippen LogP contribution in [-0.4, -0.2) is 57.4 Å². The SMILES string of the molecule is [B][C@@H](CO)SC(COC)COC. The number of aliphatic hydroxyl groups excluding tert-OH is 1. The van der Waals surface area contributed by atoms with E-state index < -0.39 is 0 Å². The highest BCUT2D eigenvalue weighted by Gasteiger charge is 2.12. The van der Waals surface area contributed by atoms with E-state index in [1.165, 1.54) is 11.8 Å². The lowest BCUT2D eigenvalue weighted by atomic mass is 10.1. The Balaban J connectivity index is 3.61. The molecule has 3 nitrogen and oxygen atoms in total. The second kappa shape index (κ2) is 7.92. The minimum absolute atomic E-state index is 0.0193. The summed E-state index contributed by atoms with van der Waals surface area (Å²) in [6, 6.07) is 0. The third-order valence-corrected chi connectivity index (χ3v) is 2.41.